The molecule has 2 rings (SSSR count). The van der Waals surface area contributed by atoms with Gasteiger partial charge in [0.15, 0.2) is 5.78 Å². The maximum Gasteiger partial charge on any atom is 0.218 e. The molecule has 1 amide bonds. The van der Waals surface area contributed by atoms with E-state index in [1.807, 2.05) is 6.92 Å². The van der Waals surface area contributed by atoms with Gasteiger partial charge in [0.2, 0.25) is 5.91 Å². The third-order valence-electron chi connectivity index (χ3n) is 4.23. The number of nitrogens with two attached hydrogens (primary N) is 1. The number of hydrogen-bond acceptors (Lipinski definition) is 3. The fraction of sp³-hybridized carbons (Fsp3) is 0.300. The molecule has 28 heavy (non-hydrogen) atoms. The van der Waals surface area contributed by atoms with Crippen LogP contribution in [0.25, 0.3) is 0 Å². The van der Waals surface area contributed by atoms with Crippen LogP contribution in [0.15, 0.2) is 36.4 Å². The van der Waals surface area contributed by atoms with Gasteiger partial charge in [-0.2, -0.15) is 0 Å². The minimum atomic E-state index is -0.734. The summed E-state index contributed by atoms with van der Waals surface area (Å²) in [6, 6.07) is 7.09. The molecule has 4 nitrogen and oxygen atoms in total. The summed E-state index contributed by atoms with van der Waals surface area (Å²) in [6.45, 7) is 3.62. The summed E-state index contributed by atoms with van der Waals surface area (Å²) in [5, 5.41) is 3.12. The number of primary amides is 1. The van der Waals surface area contributed by atoms with Gasteiger partial charge in [-0.3, -0.25) is 9.59 Å². The number of carbonyl (C=O) groups is 2. The van der Waals surface area contributed by atoms with E-state index >= 15 is 4.39 Å². The van der Waals surface area contributed by atoms with Crippen LogP contribution in [0.1, 0.15) is 54.2 Å². The van der Waals surface area contributed by atoms with Gasteiger partial charge in [0.25, 0.3) is 0 Å². The summed E-state index contributed by atoms with van der Waals surface area (Å²) < 4.78 is 28.3. The molecule has 0 spiro atoms. The van der Waals surface area contributed by atoms with Crippen molar-refractivity contribution < 1.29 is 18.4 Å². The number of ketones is 1. The van der Waals surface area contributed by atoms with Crippen LogP contribution in [0.3, 0.4) is 0 Å². The molecule has 0 saturated carbocycles. The van der Waals surface area contributed by atoms with Crippen molar-refractivity contribution in [1.29, 1.82) is 0 Å². The quantitative estimate of drug-likeness (QED) is 0.602. The zero-order chi connectivity index (χ0) is 20.1. The molecule has 0 saturated heterocycles. The molecule has 152 valence electrons. The first-order valence-electron chi connectivity index (χ1n) is 8.57. The fourth-order valence-electron chi connectivity index (χ4n) is 2.92. The number of hydrogen-bond donors (Lipinski definition) is 2. The van der Waals surface area contributed by atoms with Crippen LogP contribution in [0.2, 0.25) is 5.02 Å². The van der Waals surface area contributed by atoms with Crippen LogP contribution in [0.4, 0.5) is 8.78 Å². The lowest BCUT2D eigenvalue weighted by molar-refractivity contribution is -0.118. The van der Waals surface area contributed by atoms with Gasteiger partial charge in [-0.1, -0.05) is 24.6 Å². The Morgan fingerprint density at radius 1 is 1.14 bits per heavy atom. The molecular formula is C20H22Cl2F2N2O2. The highest BCUT2D eigenvalue weighted by Gasteiger charge is 2.25. The number of amides is 1. The highest BCUT2D eigenvalue weighted by Crippen LogP contribution is 2.30. The molecule has 3 N–H and O–H groups in total. The molecule has 0 aliphatic carbocycles. The average molecular weight is 431 g/mol. The van der Waals surface area contributed by atoms with Gasteiger partial charge in [0.1, 0.15) is 11.6 Å². The largest absolute Gasteiger partial charge is 0.370 e. The SMILES string of the molecule is CC[C@@H](N[C@H](C)CC(N)=O)c1ccc(Cl)c(C(=O)c2ccc(F)cc2)c1F.Cl. The van der Waals surface area contributed by atoms with Crippen LogP contribution in [0, 0.1) is 11.6 Å². The topological polar surface area (TPSA) is 72.2 Å². The van der Waals surface area contributed by atoms with Gasteiger partial charge in [-0.15, -0.1) is 12.4 Å². The number of nitrogens with one attached hydrogen (secondary N) is 1. The molecule has 2 aromatic carbocycles. The molecule has 0 radical (unpaired) electrons. The van der Waals surface area contributed by atoms with E-state index in [1.54, 1.807) is 6.92 Å². The normalized spacial score (nSPS) is 12.8. The first-order valence-corrected chi connectivity index (χ1v) is 8.94. The highest BCUT2D eigenvalue weighted by molar-refractivity contribution is 6.35. The molecule has 0 unspecified atom stereocenters. The molecule has 8 heteroatoms. The third kappa shape index (κ3) is 5.74. The van der Waals surface area contributed by atoms with Gasteiger partial charge in [0.05, 0.1) is 10.6 Å². The van der Waals surface area contributed by atoms with E-state index in [2.05, 4.69) is 5.32 Å². The molecule has 0 fully saturated rings. The number of carbonyl (C=O) groups excluding carboxylic acids is 2. The first-order chi connectivity index (χ1) is 12.7. The van der Waals surface area contributed by atoms with Crippen molar-refractivity contribution in [3.8, 4) is 0 Å². The number of halogens is 4. The van der Waals surface area contributed by atoms with E-state index in [-0.39, 0.29) is 46.6 Å². The minimum Gasteiger partial charge on any atom is -0.370 e. The van der Waals surface area contributed by atoms with E-state index in [4.69, 9.17) is 17.3 Å². The predicted octanol–water partition coefficient (Wildman–Crippen LogP) is 4.58. The van der Waals surface area contributed by atoms with Gasteiger partial charge in [-0.05, 0) is 43.7 Å². The summed E-state index contributed by atoms with van der Waals surface area (Å²) in [4.78, 5) is 23.8. The van der Waals surface area contributed by atoms with Crippen LogP contribution in [-0.2, 0) is 4.79 Å². The lowest BCUT2D eigenvalue weighted by atomic mass is 9.95. The zero-order valence-corrected chi connectivity index (χ0v) is 17.0. The summed E-state index contributed by atoms with van der Waals surface area (Å²) in [6.07, 6.45) is 0.624. The summed E-state index contributed by atoms with van der Waals surface area (Å²) in [5.41, 5.74) is 5.34. The van der Waals surface area contributed by atoms with Crippen LogP contribution >= 0.6 is 24.0 Å². The second-order valence-electron chi connectivity index (χ2n) is 6.36. The highest BCUT2D eigenvalue weighted by atomic mass is 35.5. The summed E-state index contributed by atoms with van der Waals surface area (Å²) in [5.74, 6) is -2.32. The monoisotopic (exact) mass is 430 g/mol. The third-order valence-corrected chi connectivity index (χ3v) is 4.55. The molecular weight excluding hydrogens is 409 g/mol. The van der Waals surface area contributed by atoms with Gasteiger partial charge >= 0.3 is 0 Å². The first kappa shape index (κ1) is 24.0. The van der Waals surface area contributed by atoms with Crippen molar-refractivity contribution in [1.82, 2.24) is 5.32 Å². The predicted molar refractivity (Wildman–Crippen MR) is 108 cm³/mol. The summed E-state index contributed by atoms with van der Waals surface area (Å²) >= 11 is 6.08. The van der Waals surface area contributed by atoms with Crippen molar-refractivity contribution in [3.05, 3.63) is 69.7 Å². The second kappa shape index (κ2) is 10.5. The van der Waals surface area contributed by atoms with Crippen molar-refractivity contribution in [2.24, 2.45) is 5.73 Å². The van der Waals surface area contributed by atoms with Crippen molar-refractivity contribution in [2.75, 3.05) is 0 Å². The molecule has 2 aromatic rings. The van der Waals surface area contributed by atoms with Crippen LogP contribution in [-0.4, -0.2) is 17.7 Å². The van der Waals surface area contributed by atoms with Crippen molar-refractivity contribution >= 4 is 35.7 Å². The lowest BCUT2D eigenvalue weighted by Gasteiger charge is -2.23. The van der Waals surface area contributed by atoms with Gasteiger partial charge in [-0.25, -0.2) is 8.78 Å². The van der Waals surface area contributed by atoms with E-state index in [0.29, 0.717) is 6.42 Å². The van der Waals surface area contributed by atoms with E-state index in [9.17, 15) is 14.0 Å². The van der Waals surface area contributed by atoms with E-state index in [0.717, 1.165) is 12.1 Å². The molecule has 0 heterocycles. The molecule has 0 bridgehead atoms. The maximum absolute atomic E-state index is 15.2. The maximum atomic E-state index is 15.2. The molecule has 0 aromatic heterocycles. The Morgan fingerprint density at radius 3 is 2.29 bits per heavy atom. The Morgan fingerprint density at radius 2 is 1.75 bits per heavy atom. The number of rotatable bonds is 8. The lowest BCUT2D eigenvalue weighted by Crippen LogP contribution is -2.34. The van der Waals surface area contributed by atoms with Crippen molar-refractivity contribution in [3.63, 3.8) is 0 Å². The standard InChI is InChI=1S/C20H21ClF2N2O2.ClH/c1-3-16(25-11(2)10-17(24)26)14-8-9-15(21)18(19(14)23)20(27)12-4-6-13(22)7-5-12;/h4-9,11,16,25H,3,10H2,1-2H3,(H2,24,26);1H/t11-,16-;/m1./s1. The Labute approximate surface area is 173 Å². The van der Waals surface area contributed by atoms with E-state index < -0.39 is 29.4 Å². The summed E-state index contributed by atoms with van der Waals surface area (Å²) in [7, 11) is 0. The Bertz CT molecular complexity index is 845. The number of benzene rings is 2. The fourth-order valence-corrected chi connectivity index (χ4v) is 3.15. The van der Waals surface area contributed by atoms with E-state index in [1.165, 1.54) is 24.3 Å². The Balaban J connectivity index is 0.00000392. The molecule has 0 aliphatic heterocycles. The van der Waals surface area contributed by atoms with Gasteiger partial charge < -0.3 is 11.1 Å². The van der Waals surface area contributed by atoms with Crippen LogP contribution < -0.4 is 11.1 Å². The average Bonchev–Trinajstić information content (AvgIpc) is 2.60. The second-order valence-corrected chi connectivity index (χ2v) is 6.77. The molecule has 0 aliphatic rings. The Kier molecular flexibility index (Phi) is 9.01. The Hall–Kier alpha value is -2.02. The zero-order valence-electron chi connectivity index (χ0n) is 15.5. The smallest absolute Gasteiger partial charge is 0.218 e. The van der Waals surface area contributed by atoms with Crippen LogP contribution in [0.5, 0.6) is 0 Å². The molecule has 2 atom stereocenters. The van der Waals surface area contributed by atoms with Gasteiger partial charge in [0, 0.05) is 29.6 Å². The minimum absolute atomic E-state index is 0. The van der Waals surface area contributed by atoms with Crippen molar-refractivity contribution in [2.45, 2.75) is 38.8 Å².